The van der Waals surface area contributed by atoms with Crippen LogP contribution >= 0.6 is 0 Å². The highest BCUT2D eigenvalue weighted by atomic mass is 16.6. The highest BCUT2D eigenvalue weighted by Gasteiger charge is 1.97. The summed E-state index contributed by atoms with van der Waals surface area (Å²) in [6.45, 7) is 1.36. The fourth-order valence-electron chi connectivity index (χ4n) is 0.363. The van der Waals surface area contributed by atoms with E-state index in [2.05, 4.69) is 26.5 Å². The van der Waals surface area contributed by atoms with Gasteiger partial charge in [0, 0.05) is 6.92 Å². The van der Waals surface area contributed by atoms with Crippen LogP contribution in [0.25, 0.3) is 0 Å². The van der Waals surface area contributed by atoms with Crippen molar-refractivity contribution in [3.8, 4) is 0 Å². The largest absolute Gasteiger partial charge is 0.306 e. The normalized spacial score (nSPS) is 9.00. The molecule has 0 spiro atoms. The Morgan fingerprint density at radius 2 is 2.67 bits per heavy atom. The molecule has 0 atom stereocenters. The molecule has 1 N–H and O–H groups in total. The van der Waals surface area contributed by atoms with Crippen LogP contribution in [-0.2, 0) is 4.79 Å². The topological polar surface area (TPSA) is 68.0 Å². The molecule has 1 heterocycles. The van der Waals surface area contributed by atoms with Gasteiger partial charge in [-0.2, -0.15) is 0 Å². The van der Waals surface area contributed by atoms with Gasteiger partial charge in [0.2, 0.25) is 11.7 Å². The number of rotatable bonds is 1. The van der Waals surface area contributed by atoms with Gasteiger partial charge < -0.3 is 5.32 Å². The SMILES string of the molecule is CC(=O)Nc1[c]non1. The number of nitrogens with one attached hydrogen (secondary N) is 1. The third kappa shape index (κ3) is 1.52. The second kappa shape index (κ2) is 2.25. The molecule has 1 rings (SSSR count). The Kier molecular flexibility index (Phi) is 1.44. The van der Waals surface area contributed by atoms with Crippen molar-refractivity contribution >= 4 is 11.7 Å². The quantitative estimate of drug-likeness (QED) is 0.567. The van der Waals surface area contributed by atoms with Gasteiger partial charge in [0.1, 0.15) is 0 Å². The maximum absolute atomic E-state index is 10.3. The lowest BCUT2D eigenvalue weighted by atomic mass is 10.6. The summed E-state index contributed by atoms with van der Waals surface area (Å²) in [7, 11) is 0. The van der Waals surface area contributed by atoms with E-state index in [-0.39, 0.29) is 11.7 Å². The van der Waals surface area contributed by atoms with Gasteiger partial charge in [-0.05, 0) is 10.3 Å². The van der Waals surface area contributed by atoms with Gasteiger partial charge in [-0.25, -0.2) is 4.63 Å². The van der Waals surface area contributed by atoms with E-state index in [4.69, 9.17) is 0 Å². The summed E-state index contributed by atoms with van der Waals surface area (Å²) in [5, 5.41) is 8.76. The Balaban J connectivity index is 2.58. The lowest BCUT2D eigenvalue weighted by molar-refractivity contribution is -0.114. The standard InChI is InChI=1S/C4H4N3O2/c1-3(8)6-4-2-5-9-7-4/h1H3,(H,6,7,8). The Labute approximate surface area is 51.0 Å². The van der Waals surface area contributed by atoms with Gasteiger partial charge in [0.15, 0.2) is 6.20 Å². The van der Waals surface area contributed by atoms with Gasteiger partial charge in [-0.15, -0.1) is 0 Å². The number of carbonyl (C=O) groups is 1. The first kappa shape index (κ1) is 5.74. The molecule has 0 saturated heterocycles. The molecular weight excluding hydrogens is 122 g/mol. The average molecular weight is 126 g/mol. The minimum Gasteiger partial charge on any atom is -0.306 e. The van der Waals surface area contributed by atoms with Gasteiger partial charge in [-0.1, -0.05) is 0 Å². The van der Waals surface area contributed by atoms with Gasteiger partial charge in [-0.3, -0.25) is 4.79 Å². The molecule has 1 aromatic rings. The van der Waals surface area contributed by atoms with E-state index in [9.17, 15) is 4.79 Å². The number of hydrogen-bond donors (Lipinski definition) is 1. The van der Waals surface area contributed by atoms with E-state index >= 15 is 0 Å². The zero-order chi connectivity index (χ0) is 6.69. The maximum atomic E-state index is 10.3. The molecule has 1 aromatic heterocycles. The van der Waals surface area contributed by atoms with Crippen molar-refractivity contribution in [2.45, 2.75) is 6.92 Å². The molecule has 5 heteroatoms. The Bertz CT molecular complexity index is 194. The number of hydrogen-bond acceptors (Lipinski definition) is 4. The molecule has 0 bridgehead atoms. The molecule has 0 fully saturated rings. The smallest absolute Gasteiger partial charge is 0.222 e. The third-order valence-electron chi connectivity index (χ3n) is 0.619. The van der Waals surface area contributed by atoms with Crippen LogP contribution in [0.2, 0.25) is 0 Å². The van der Waals surface area contributed by atoms with E-state index in [1.807, 2.05) is 0 Å². The molecule has 0 aromatic carbocycles. The van der Waals surface area contributed by atoms with E-state index < -0.39 is 0 Å². The van der Waals surface area contributed by atoms with Crippen LogP contribution in [0.1, 0.15) is 6.92 Å². The first-order valence-corrected chi connectivity index (χ1v) is 2.27. The second-order valence-corrected chi connectivity index (χ2v) is 1.41. The third-order valence-corrected chi connectivity index (χ3v) is 0.619. The summed E-state index contributed by atoms with van der Waals surface area (Å²) in [5.74, 6) is -0.00977. The number of aromatic nitrogens is 2. The second-order valence-electron chi connectivity index (χ2n) is 1.41. The minimum absolute atomic E-state index is 0.211. The highest BCUT2D eigenvalue weighted by Crippen LogP contribution is 1.94. The highest BCUT2D eigenvalue weighted by molar-refractivity contribution is 5.87. The molecule has 47 valence electrons. The summed E-state index contributed by atoms with van der Waals surface area (Å²) in [5.41, 5.74) is 0. The minimum atomic E-state index is -0.220. The predicted octanol–water partition coefficient (Wildman–Crippen LogP) is -0.172. The summed E-state index contributed by atoms with van der Waals surface area (Å²) < 4.78 is 4.15. The first-order valence-electron chi connectivity index (χ1n) is 2.27. The lowest BCUT2D eigenvalue weighted by Crippen LogP contribution is -2.05. The van der Waals surface area contributed by atoms with Gasteiger partial charge >= 0.3 is 0 Å². The molecule has 0 aliphatic rings. The van der Waals surface area contributed by atoms with Crippen molar-refractivity contribution in [2.24, 2.45) is 0 Å². The summed E-state index contributed by atoms with van der Waals surface area (Å²) >= 11 is 0. The molecule has 1 amide bonds. The van der Waals surface area contributed by atoms with Crippen LogP contribution in [0, 0.1) is 6.20 Å². The molecule has 1 radical (unpaired) electrons. The fraction of sp³-hybridized carbons (Fsp3) is 0.250. The van der Waals surface area contributed by atoms with Crippen LogP contribution in [0.15, 0.2) is 4.63 Å². The Morgan fingerprint density at radius 3 is 3.11 bits per heavy atom. The van der Waals surface area contributed by atoms with Crippen LogP contribution < -0.4 is 5.32 Å². The van der Waals surface area contributed by atoms with Crippen molar-refractivity contribution in [3.63, 3.8) is 0 Å². The number of nitrogens with zero attached hydrogens (tertiary/aromatic N) is 2. The lowest BCUT2D eigenvalue weighted by Gasteiger charge is -1.88. The average Bonchev–Trinajstić information content (AvgIpc) is 2.15. The monoisotopic (exact) mass is 126 g/mol. The van der Waals surface area contributed by atoms with Crippen LogP contribution in [-0.4, -0.2) is 16.2 Å². The maximum Gasteiger partial charge on any atom is 0.222 e. The van der Waals surface area contributed by atoms with Crippen molar-refractivity contribution in [1.82, 2.24) is 10.3 Å². The molecule has 0 unspecified atom stereocenters. The zero-order valence-electron chi connectivity index (χ0n) is 4.71. The first-order chi connectivity index (χ1) is 4.29. The van der Waals surface area contributed by atoms with Crippen LogP contribution in [0.3, 0.4) is 0 Å². The van der Waals surface area contributed by atoms with Crippen molar-refractivity contribution in [3.05, 3.63) is 6.20 Å². The van der Waals surface area contributed by atoms with Crippen molar-refractivity contribution in [1.29, 1.82) is 0 Å². The molecule has 5 nitrogen and oxygen atoms in total. The fourth-order valence-corrected chi connectivity index (χ4v) is 0.363. The van der Waals surface area contributed by atoms with Crippen LogP contribution in [0.4, 0.5) is 5.82 Å². The number of anilines is 1. The Morgan fingerprint density at radius 1 is 1.89 bits per heavy atom. The molecule has 9 heavy (non-hydrogen) atoms. The summed E-state index contributed by atoms with van der Waals surface area (Å²) in [4.78, 5) is 10.3. The van der Waals surface area contributed by atoms with Crippen molar-refractivity contribution < 1.29 is 9.42 Å². The summed E-state index contributed by atoms with van der Waals surface area (Å²) in [6, 6.07) is 0. The zero-order valence-corrected chi connectivity index (χ0v) is 4.71. The van der Waals surface area contributed by atoms with Crippen LogP contribution in [0.5, 0.6) is 0 Å². The van der Waals surface area contributed by atoms with E-state index in [1.165, 1.54) is 6.92 Å². The number of amides is 1. The molecule has 0 aliphatic carbocycles. The van der Waals surface area contributed by atoms with Gasteiger partial charge in [0.25, 0.3) is 0 Å². The predicted molar refractivity (Wildman–Crippen MR) is 27.4 cm³/mol. The Hall–Kier alpha value is -1.39. The molecule has 0 aliphatic heterocycles. The molecule has 0 saturated carbocycles. The molecular formula is C4H4N3O2. The summed E-state index contributed by atoms with van der Waals surface area (Å²) in [6.07, 6.45) is 2.31. The van der Waals surface area contributed by atoms with E-state index in [1.54, 1.807) is 0 Å². The van der Waals surface area contributed by atoms with Gasteiger partial charge in [0.05, 0.1) is 0 Å². The number of carbonyl (C=O) groups excluding carboxylic acids is 1. The van der Waals surface area contributed by atoms with Crippen molar-refractivity contribution in [2.75, 3.05) is 5.32 Å². The van der Waals surface area contributed by atoms with E-state index in [0.29, 0.717) is 0 Å². The van der Waals surface area contributed by atoms with E-state index in [0.717, 1.165) is 0 Å².